The van der Waals surface area contributed by atoms with Crippen molar-refractivity contribution >= 4 is 11.6 Å². The van der Waals surface area contributed by atoms with Gasteiger partial charge in [0.05, 0.1) is 5.69 Å². The van der Waals surface area contributed by atoms with E-state index in [4.69, 9.17) is 0 Å². The lowest BCUT2D eigenvalue weighted by Crippen LogP contribution is -2.52. The van der Waals surface area contributed by atoms with Crippen LogP contribution in [0.15, 0.2) is 53.7 Å². The number of rotatable bonds is 9. The van der Waals surface area contributed by atoms with Gasteiger partial charge in [-0.15, -0.1) is 0 Å². The van der Waals surface area contributed by atoms with Gasteiger partial charge in [0.15, 0.2) is 0 Å². The number of anilines is 1. The lowest BCUT2D eigenvalue weighted by atomic mass is 9.92. The Bertz CT molecular complexity index is 984. The summed E-state index contributed by atoms with van der Waals surface area (Å²) in [5.74, 6) is 0.0329. The molecule has 1 saturated heterocycles. The van der Waals surface area contributed by atoms with Gasteiger partial charge in [-0.25, -0.2) is 4.39 Å². The standard InChI is InChI=1S/C28H37FN4O2/c1-3-31(4-2)28(34)27(22-12-6-5-7-13-22)33-18-16-32(17-19-33)25-15-14-23(20-24(25)29)26(30-35)21-10-8-9-11-21/h5-7,12-15,20-21,26-27H,3-4,8-11,16-19H2,1-2H3. The van der Waals surface area contributed by atoms with E-state index < -0.39 is 6.04 Å². The van der Waals surface area contributed by atoms with Crippen molar-refractivity contribution in [1.29, 1.82) is 0 Å². The first-order valence-corrected chi connectivity index (χ1v) is 13.0. The van der Waals surface area contributed by atoms with Crippen molar-refractivity contribution in [3.63, 3.8) is 0 Å². The second kappa shape index (κ2) is 11.8. The normalized spacial score (nSPS) is 18.9. The molecule has 2 unspecified atom stereocenters. The Morgan fingerprint density at radius 3 is 2.23 bits per heavy atom. The summed E-state index contributed by atoms with van der Waals surface area (Å²) in [5.41, 5.74) is 2.23. The highest BCUT2D eigenvalue weighted by atomic mass is 19.1. The maximum Gasteiger partial charge on any atom is 0.244 e. The number of likely N-dealkylation sites (N-methyl/N-ethyl adjacent to an activating group) is 1. The zero-order chi connectivity index (χ0) is 24.8. The summed E-state index contributed by atoms with van der Waals surface area (Å²) in [6.45, 7) is 7.94. The molecule has 0 bridgehead atoms. The molecule has 1 amide bonds. The van der Waals surface area contributed by atoms with Crippen LogP contribution >= 0.6 is 0 Å². The number of amides is 1. The highest BCUT2D eigenvalue weighted by Gasteiger charge is 2.33. The Kier molecular flexibility index (Phi) is 8.50. The Morgan fingerprint density at radius 2 is 1.66 bits per heavy atom. The van der Waals surface area contributed by atoms with Crippen molar-refractivity contribution in [3.05, 3.63) is 70.4 Å². The summed E-state index contributed by atoms with van der Waals surface area (Å²) < 4.78 is 15.2. The molecule has 0 aromatic heterocycles. The molecule has 2 aromatic carbocycles. The van der Waals surface area contributed by atoms with Gasteiger partial charge >= 0.3 is 0 Å². The third-order valence-electron chi connectivity index (χ3n) is 7.72. The van der Waals surface area contributed by atoms with Gasteiger partial charge in [0, 0.05) is 39.3 Å². The second-order valence-electron chi connectivity index (χ2n) is 9.65. The molecule has 188 valence electrons. The minimum Gasteiger partial charge on any atom is -0.367 e. The van der Waals surface area contributed by atoms with E-state index in [-0.39, 0.29) is 23.7 Å². The Morgan fingerprint density at radius 1 is 1.00 bits per heavy atom. The number of hydrogen-bond acceptors (Lipinski definition) is 5. The molecule has 1 aliphatic heterocycles. The first-order valence-electron chi connectivity index (χ1n) is 13.0. The molecular formula is C28H37FN4O2. The lowest BCUT2D eigenvalue weighted by molar-refractivity contribution is -0.137. The molecule has 6 nitrogen and oxygen atoms in total. The highest BCUT2D eigenvalue weighted by Crippen LogP contribution is 2.39. The van der Waals surface area contributed by atoms with Crippen molar-refractivity contribution in [2.24, 2.45) is 11.1 Å². The van der Waals surface area contributed by atoms with E-state index in [1.165, 1.54) is 6.07 Å². The van der Waals surface area contributed by atoms with E-state index >= 15 is 4.39 Å². The van der Waals surface area contributed by atoms with Crippen LogP contribution in [-0.4, -0.2) is 55.0 Å². The fraction of sp³-hybridized carbons (Fsp3) is 0.536. The van der Waals surface area contributed by atoms with Crippen LogP contribution in [0.25, 0.3) is 0 Å². The Labute approximate surface area is 208 Å². The summed E-state index contributed by atoms with van der Waals surface area (Å²) in [5, 5.41) is 3.35. The van der Waals surface area contributed by atoms with Crippen molar-refractivity contribution in [2.75, 3.05) is 44.2 Å². The summed E-state index contributed by atoms with van der Waals surface area (Å²) in [4.78, 5) is 31.1. The molecule has 35 heavy (non-hydrogen) atoms. The number of hydrogen-bond donors (Lipinski definition) is 0. The van der Waals surface area contributed by atoms with Gasteiger partial charge in [-0.1, -0.05) is 54.4 Å². The van der Waals surface area contributed by atoms with Crippen LogP contribution in [-0.2, 0) is 4.79 Å². The van der Waals surface area contributed by atoms with Gasteiger partial charge in [0.25, 0.3) is 0 Å². The van der Waals surface area contributed by atoms with Crippen molar-refractivity contribution in [3.8, 4) is 0 Å². The lowest BCUT2D eigenvalue weighted by Gasteiger charge is -2.41. The molecule has 0 radical (unpaired) electrons. The largest absolute Gasteiger partial charge is 0.367 e. The molecule has 1 heterocycles. The molecule has 2 fully saturated rings. The summed E-state index contributed by atoms with van der Waals surface area (Å²) in [7, 11) is 0. The fourth-order valence-electron chi connectivity index (χ4n) is 5.73. The van der Waals surface area contributed by atoms with E-state index in [0.29, 0.717) is 50.5 Å². The topological polar surface area (TPSA) is 56.2 Å². The van der Waals surface area contributed by atoms with Crippen molar-refractivity contribution in [2.45, 2.75) is 51.6 Å². The average molecular weight is 481 g/mol. The van der Waals surface area contributed by atoms with E-state index in [2.05, 4.69) is 10.1 Å². The molecule has 0 spiro atoms. The van der Waals surface area contributed by atoms with Gasteiger partial charge < -0.3 is 9.80 Å². The van der Waals surface area contributed by atoms with Crippen LogP contribution < -0.4 is 4.90 Å². The third kappa shape index (κ3) is 5.56. The number of nitroso groups, excluding NO2 is 1. The molecule has 1 saturated carbocycles. The number of halogens is 1. The number of piperazine rings is 1. The van der Waals surface area contributed by atoms with Gasteiger partial charge in [-0.2, -0.15) is 4.91 Å². The predicted molar refractivity (Wildman–Crippen MR) is 138 cm³/mol. The molecule has 2 aliphatic rings. The maximum absolute atomic E-state index is 15.2. The van der Waals surface area contributed by atoms with Gasteiger partial charge in [0.1, 0.15) is 17.9 Å². The van der Waals surface area contributed by atoms with E-state index in [0.717, 1.165) is 31.2 Å². The quantitative estimate of drug-likeness (QED) is 0.441. The molecule has 2 aromatic rings. The van der Waals surface area contributed by atoms with E-state index in [1.807, 2.05) is 60.0 Å². The van der Waals surface area contributed by atoms with Crippen molar-refractivity contribution < 1.29 is 9.18 Å². The SMILES string of the molecule is CCN(CC)C(=O)C(c1ccccc1)N1CCN(c2ccc(C(N=O)C3CCCC3)cc2F)CC1. The number of nitrogens with zero attached hydrogens (tertiary/aromatic N) is 4. The van der Waals surface area contributed by atoms with Crippen LogP contribution in [0.4, 0.5) is 10.1 Å². The second-order valence-corrected chi connectivity index (χ2v) is 9.65. The number of carbonyl (C=O) groups excluding carboxylic acids is 1. The van der Waals surface area contributed by atoms with Gasteiger partial charge in [-0.05, 0) is 55.9 Å². The van der Waals surface area contributed by atoms with Gasteiger partial charge in [0.2, 0.25) is 5.91 Å². The third-order valence-corrected chi connectivity index (χ3v) is 7.72. The number of carbonyl (C=O) groups is 1. The molecule has 4 rings (SSSR count). The highest BCUT2D eigenvalue weighted by molar-refractivity contribution is 5.83. The van der Waals surface area contributed by atoms with Crippen LogP contribution in [0.3, 0.4) is 0 Å². The van der Waals surface area contributed by atoms with E-state index in [1.54, 1.807) is 6.07 Å². The Balaban J connectivity index is 1.47. The minimum atomic E-state index is -0.462. The molecule has 0 N–H and O–H groups in total. The zero-order valence-corrected chi connectivity index (χ0v) is 20.9. The van der Waals surface area contributed by atoms with Crippen LogP contribution in [0.5, 0.6) is 0 Å². The summed E-state index contributed by atoms with van der Waals surface area (Å²) in [6.07, 6.45) is 4.19. The predicted octanol–water partition coefficient (Wildman–Crippen LogP) is 5.56. The average Bonchev–Trinajstić information content (AvgIpc) is 3.41. The van der Waals surface area contributed by atoms with Crippen LogP contribution in [0.2, 0.25) is 0 Å². The molecule has 1 aliphatic carbocycles. The minimum absolute atomic E-state index is 0.115. The maximum atomic E-state index is 15.2. The van der Waals surface area contributed by atoms with Crippen LogP contribution in [0.1, 0.15) is 62.7 Å². The van der Waals surface area contributed by atoms with Gasteiger partial charge in [-0.3, -0.25) is 9.69 Å². The fourth-order valence-corrected chi connectivity index (χ4v) is 5.73. The first-order chi connectivity index (χ1) is 17.1. The van der Waals surface area contributed by atoms with E-state index in [9.17, 15) is 9.70 Å². The first kappa shape index (κ1) is 25.3. The molecule has 7 heteroatoms. The zero-order valence-electron chi connectivity index (χ0n) is 20.9. The Hall–Kier alpha value is -2.80. The summed E-state index contributed by atoms with van der Waals surface area (Å²) >= 11 is 0. The molecular weight excluding hydrogens is 443 g/mol. The summed E-state index contributed by atoms with van der Waals surface area (Å²) in [6, 6.07) is 14.3. The smallest absolute Gasteiger partial charge is 0.244 e. The van der Waals surface area contributed by atoms with Crippen molar-refractivity contribution in [1.82, 2.24) is 9.80 Å². The number of benzene rings is 2. The molecule has 2 atom stereocenters. The van der Waals surface area contributed by atoms with Crippen LogP contribution in [0, 0.1) is 16.6 Å². The monoisotopic (exact) mass is 480 g/mol.